The van der Waals surface area contributed by atoms with E-state index in [0.29, 0.717) is 5.88 Å². The summed E-state index contributed by atoms with van der Waals surface area (Å²) in [4.78, 5) is 18.6. The summed E-state index contributed by atoms with van der Waals surface area (Å²) in [7, 11) is -7.03. The van der Waals surface area contributed by atoms with Crippen molar-refractivity contribution < 1.29 is 50.7 Å². The van der Waals surface area contributed by atoms with E-state index in [4.69, 9.17) is 16.7 Å². The van der Waals surface area contributed by atoms with Crippen molar-refractivity contribution in [3.05, 3.63) is 0 Å². The van der Waals surface area contributed by atoms with Gasteiger partial charge >= 0.3 is 22.4 Å². The number of aliphatic hydroxyl groups is 1. The van der Waals surface area contributed by atoms with E-state index in [2.05, 4.69) is 4.31 Å². The number of halogens is 1. The Kier molecular flexibility index (Phi) is 23.5. The Morgan fingerprint density at radius 3 is 1.58 bits per heavy atom. The van der Waals surface area contributed by atoms with Crippen LogP contribution < -0.4 is 9.79 Å². The van der Waals surface area contributed by atoms with Crippen LogP contribution in [0.5, 0.6) is 0 Å². The van der Waals surface area contributed by atoms with Crippen molar-refractivity contribution in [2.24, 2.45) is 0 Å². The molecule has 1 radical (unpaired) electrons. The van der Waals surface area contributed by atoms with Crippen LogP contribution in [0, 0.1) is 0 Å². The van der Waals surface area contributed by atoms with Gasteiger partial charge in [0, 0.05) is 5.88 Å². The first-order valence-corrected chi connectivity index (χ1v) is 5.29. The van der Waals surface area contributed by atoms with Crippen LogP contribution in [0.15, 0.2) is 0 Å². The summed E-state index contributed by atoms with van der Waals surface area (Å²) < 4.78 is 21.8. The fourth-order valence-corrected chi connectivity index (χ4v) is 0.612. The second-order valence-corrected chi connectivity index (χ2v) is 3.21. The smallest absolute Gasteiger partial charge is 0.781 e. The molecule has 0 saturated carbocycles. The van der Waals surface area contributed by atoms with Crippen molar-refractivity contribution >= 4 is 28.1 Å². The molecule has 0 amide bonds. The standard InChI is InChI=1S/C2H5ClO.Ag.H4O5P2/c3-1-2-4;;1-6(2)5-7(3)4/h4H,1-2H2;;6-7H,(H,1,2)(H,3,4)/q;+2;/p-2. The van der Waals surface area contributed by atoms with Crippen LogP contribution in [-0.2, 0) is 35.8 Å². The van der Waals surface area contributed by atoms with E-state index in [9.17, 15) is 18.9 Å². The minimum Gasteiger partial charge on any atom is -0.781 e. The van der Waals surface area contributed by atoms with Crippen LogP contribution in [0.25, 0.3) is 0 Å². The molecule has 0 fully saturated rings. The van der Waals surface area contributed by atoms with Crippen LogP contribution >= 0.6 is 28.1 Å². The summed E-state index contributed by atoms with van der Waals surface area (Å²) in [6, 6.07) is 0. The molecule has 0 aromatic carbocycles. The van der Waals surface area contributed by atoms with Gasteiger partial charge in [0.1, 0.15) is 16.5 Å². The van der Waals surface area contributed by atoms with Crippen molar-refractivity contribution in [2.45, 2.75) is 0 Å². The molecule has 0 aromatic heterocycles. The minimum atomic E-state index is -3.51. The summed E-state index contributed by atoms with van der Waals surface area (Å²) in [6.07, 6.45) is 0. The molecule has 2 atom stereocenters. The molecule has 2 unspecified atom stereocenters. The van der Waals surface area contributed by atoms with Gasteiger partial charge in [0.15, 0.2) is 0 Å². The summed E-state index contributed by atoms with van der Waals surface area (Å²) >= 11 is 4.94. The van der Waals surface area contributed by atoms with Crippen LogP contribution in [0.4, 0.5) is 0 Å². The SMILES string of the molecule is O=[PH]([O-])O[PH](=O)[O-].OCCCl.[Ag+2]. The fourth-order valence-electron chi connectivity index (χ4n) is 0.0680. The third-order valence-electron chi connectivity index (χ3n) is 0.251. The molecule has 0 rings (SSSR count). The maximum atomic E-state index is 9.29. The second-order valence-electron chi connectivity index (χ2n) is 1.01. The van der Waals surface area contributed by atoms with Crippen LogP contribution in [0.3, 0.4) is 0 Å². The van der Waals surface area contributed by atoms with Crippen molar-refractivity contribution in [3.8, 4) is 0 Å². The predicted octanol–water partition coefficient (Wildman–Crippen LogP) is -1.28. The van der Waals surface area contributed by atoms with Gasteiger partial charge in [0.25, 0.3) is 0 Å². The van der Waals surface area contributed by atoms with Gasteiger partial charge in [-0.25, -0.2) is 0 Å². The first kappa shape index (κ1) is 19.0. The molecule has 0 saturated heterocycles. The Hall–Kier alpha value is 1.33. The fraction of sp³-hybridized carbons (Fsp3) is 1.00. The Balaban J connectivity index is -0.000000142. The van der Waals surface area contributed by atoms with Crippen LogP contribution in [0.2, 0.25) is 0 Å². The van der Waals surface area contributed by atoms with Gasteiger partial charge in [0.05, 0.1) is 6.61 Å². The molecule has 0 aliphatic carbocycles. The zero-order valence-corrected chi connectivity index (χ0v) is 9.82. The molecule has 12 heavy (non-hydrogen) atoms. The molecular formula is C2H7AgClO6P2. The van der Waals surface area contributed by atoms with Crippen molar-refractivity contribution in [1.29, 1.82) is 0 Å². The first-order valence-electron chi connectivity index (χ1n) is 2.31. The Morgan fingerprint density at radius 1 is 1.33 bits per heavy atom. The molecule has 10 heteroatoms. The minimum absolute atomic E-state index is 0. The van der Waals surface area contributed by atoms with Crippen molar-refractivity contribution in [3.63, 3.8) is 0 Å². The number of aliphatic hydroxyl groups excluding tert-OH is 1. The van der Waals surface area contributed by atoms with Crippen LogP contribution in [-0.4, -0.2) is 17.6 Å². The van der Waals surface area contributed by atoms with Gasteiger partial charge in [-0.3, -0.25) is 4.31 Å². The Labute approximate surface area is 91.3 Å². The average molecular weight is 332 g/mol. The van der Waals surface area contributed by atoms with E-state index in [1.165, 1.54) is 0 Å². The third kappa shape index (κ3) is 30.2. The number of hydrogen-bond donors (Lipinski definition) is 1. The van der Waals surface area contributed by atoms with Gasteiger partial charge in [0.2, 0.25) is 0 Å². The molecule has 79 valence electrons. The molecule has 0 heterocycles. The van der Waals surface area contributed by atoms with Crippen molar-refractivity contribution in [1.82, 2.24) is 0 Å². The molecular weight excluding hydrogens is 325 g/mol. The largest absolute Gasteiger partial charge is 2.00 e. The van der Waals surface area contributed by atoms with Crippen LogP contribution in [0.1, 0.15) is 0 Å². The van der Waals surface area contributed by atoms with Crippen molar-refractivity contribution in [2.75, 3.05) is 12.5 Å². The average Bonchev–Trinajstić information content (AvgIpc) is 1.85. The quantitative estimate of drug-likeness (QED) is 0.391. The number of hydrogen-bond acceptors (Lipinski definition) is 6. The summed E-state index contributed by atoms with van der Waals surface area (Å²) in [5.74, 6) is 0.347. The Morgan fingerprint density at radius 2 is 1.58 bits per heavy atom. The number of alkyl halides is 1. The summed E-state index contributed by atoms with van der Waals surface area (Å²) in [5, 5.41) is 7.74. The maximum Gasteiger partial charge on any atom is 2.00 e. The van der Waals surface area contributed by atoms with E-state index >= 15 is 0 Å². The van der Waals surface area contributed by atoms with Gasteiger partial charge in [-0.05, 0) is 0 Å². The zero-order valence-electron chi connectivity index (χ0n) is 5.58. The van der Waals surface area contributed by atoms with E-state index in [1.54, 1.807) is 0 Å². The zero-order chi connectivity index (χ0) is 9.28. The molecule has 0 aliphatic rings. The monoisotopic (exact) mass is 331 g/mol. The topological polar surface area (TPSA) is 110 Å². The van der Waals surface area contributed by atoms with Gasteiger partial charge in [-0.1, -0.05) is 0 Å². The van der Waals surface area contributed by atoms with Gasteiger partial charge in [-0.15, -0.1) is 11.6 Å². The third-order valence-corrected chi connectivity index (χ3v) is 1.75. The molecule has 0 aliphatic heterocycles. The summed E-state index contributed by atoms with van der Waals surface area (Å²) in [6.45, 7) is 0.0849. The maximum absolute atomic E-state index is 9.29. The first-order chi connectivity index (χ1) is 5.04. The van der Waals surface area contributed by atoms with E-state index in [0.717, 1.165) is 0 Å². The predicted molar refractivity (Wildman–Crippen MR) is 36.9 cm³/mol. The van der Waals surface area contributed by atoms with E-state index < -0.39 is 16.5 Å². The molecule has 0 spiro atoms. The molecule has 6 nitrogen and oxygen atoms in total. The second kappa shape index (κ2) is 14.8. The Bertz CT molecular complexity index is 119. The van der Waals surface area contributed by atoms with E-state index in [1.807, 2.05) is 0 Å². The van der Waals surface area contributed by atoms with Gasteiger partial charge in [-0.2, -0.15) is 0 Å². The molecule has 1 N–H and O–H groups in total. The van der Waals surface area contributed by atoms with E-state index in [-0.39, 0.29) is 29.0 Å². The normalized spacial score (nSPS) is 13.3. The molecule has 0 aromatic rings. The summed E-state index contributed by atoms with van der Waals surface area (Å²) in [5.41, 5.74) is 0. The molecule has 0 bridgehead atoms. The van der Waals surface area contributed by atoms with Gasteiger partial charge < -0.3 is 24.0 Å². The number of rotatable bonds is 3.